The highest BCUT2D eigenvalue weighted by molar-refractivity contribution is 6.30. The maximum absolute atomic E-state index is 6.21. The Labute approximate surface area is 120 Å². The predicted octanol–water partition coefficient (Wildman–Crippen LogP) is 3.40. The number of hydrogen-bond donors (Lipinski definition) is 0. The van der Waals surface area contributed by atoms with Gasteiger partial charge >= 0.3 is 0 Å². The number of halogens is 1. The molecule has 0 atom stereocenters. The van der Waals surface area contributed by atoms with E-state index in [1.807, 2.05) is 35.1 Å². The molecule has 4 rings (SSSR count). The van der Waals surface area contributed by atoms with Crippen LogP contribution in [0.1, 0.15) is 16.8 Å². The van der Waals surface area contributed by atoms with Gasteiger partial charge in [-0.15, -0.1) is 0 Å². The lowest BCUT2D eigenvalue weighted by molar-refractivity contribution is 0.110. The highest BCUT2D eigenvalue weighted by Gasteiger charge is 2.17. The van der Waals surface area contributed by atoms with Gasteiger partial charge in [0.15, 0.2) is 5.22 Å². The van der Waals surface area contributed by atoms with E-state index in [9.17, 15) is 0 Å². The monoisotopic (exact) mass is 288 g/mol. The van der Waals surface area contributed by atoms with E-state index in [1.165, 1.54) is 5.56 Å². The summed E-state index contributed by atoms with van der Waals surface area (Å²) in [5.74, 6) is 0. The van der Waals surface area contributed by atoms with Crippen molar-refractivity contribution in [2.75, 3.05) is 6.61 Å². The lowest BCUT2D eigenvalue weighted by Crippen LogP contribution is -2.08. The number of ether oxygens (including phenoxy) is 1. The number of rotatable bonds is 2. The largest absolute Gasteiger partial charge is 0.444 e. The molecule has 0 aliphatic carbocycles. The third-order valence-electron chi connectivity index (χ3n) is 3.63. The van der Waals surface area contributed by atoms with E-state index < -0.39 is 0 Å². The van der Waals surface area contributed by atoms with Crippen LogP contribution < -0.4 is 0 Å². The first-order valence-corrected chi connectivity index (χ1v) is 6.98. The lowest BCUT2D eigenvalue weighted by Gasteiger charge is -2.08. The van der Waals surface area contributed by atoms with Crippen molar-refractivity contribution in [2.45, 2.75) is 19.6 Å². The summed E-state index contributed by atoms with van der Waals surface area (Å²) in [5.41, 5.74) is 4.08. The standard InChI is InChI=1S/C15H13ClN2O2/c16-15-12(11-3-1-2-4-14(11)20-15)8-18-7-10-9-19-6-5-13(10)17-18/h1-4,7H,5-6,8-9H2. The molecule has 0 fully saturated rings. The molecular formula is C15H13ClN2O2. The predicted molar refractivity (Wildman–Crippen MR) is 75.9 cm³/mol. The summed E-state index contributed by atoms with van der Waals surface area (Å²) in [6.45, 7) is 2.01. The molecule has 0 bridgehead atoms. The Morgan fingerprint density at radius 1 is 1.30 bits per heavy atom. The van der Waals surface area contributed by atoms with Crippen LogP contribution in [0.5, 0.6) is 0 Å². The smallest absolute Gasteiger partial charge is 0.199 e. The molecule has 0 unspecified atom stereocenters. The van der Waals surface area contributed by atoms with Crippen LogP contribution in [0.15, 0.2) is 34.9 Å². The molecule has 102 valence electrons. The lowest BCUT2D eigenvalue weighted by atomic mass is 10.2. The molecule has 20 heavy (non-hydrogen) atoms. The number of aromatic nitrogens is 2. The number of nitrogens with zero attached hydrogens (tertiary/aromatic N) is 2. The zero-order chi connectivity index (χ0) is 13.5. The number of hydrogen-bond acceptors (Lipinski definition) is 3. The molecule has 0 amide bonds. The summed E-state index contributed by atoms with van der Waals surface area (Å²) < 4.78 is 12.9. The maximum Gasteiger partial charge on any atom is 0.199 e. The molecule has 1 aliphatic rings. The van der Waals surface area contributed by atoms with Crippen molar-refractivity contribution in [2.24, 2.45) is 0 Å². The first-order valence-electron chi connectivity index (χ1n) is 6.60. The first kappa shape index (κ1) is 12.0. The van der Waals surface area contributed by atoms with E-state index in [2.05, 4.69) is 5.10 Å². The van der Waals surface area contributed by atoms with E-state index in [1.54, 1.807) is 0 Å². The van der Waals surface area contributed by atoms with Gasteiger partial charge in [0.1, 0.15) is 5.58 Å². The van der Waals surface area contributed by atoms with Crippen LogP contribution in [-0.2, 0) is 24.3 Å². The molecule has 2 aromatic heterocycles. The number of fused-ring (bicyclic) bond motifs is 2. The Morgan fingerprint density at radius 2 is 2.20 bits per heavy atom. The summed E-state index contributed by atoms with van der Waals surface area (Å²) >= 11 is 6.21. The average Bonchev–Trinajstić information content (AvgIpc) is 3.00. The summed E-state index contributed by atoms with van der Waals surface area (Å²) in [5, 5.41) is 6.09. The fraction of sp³-hybridized carbons (Fsp3) is 0.267. The number of para-hydroxylation sites is 1. The molecular weight excluding hydrogens is 276 g/mol. The molecule has 0 radical (unpaired) electrons. The molecule has 0 saturated carbocycles. The van der Waals surface area contributed by atoms with Gasteiger partial charge in [-0.2, -0.15) is 5.10 Å². The molecule has 5 heteroatoms. The third-order valence-corrected chi connectivity index (χ3v) is 3.94. The Bertz CT molecular complexity index is 752. The van der Waals surface area contributed by atoms with Crippen LogP contribution in [0.3, 0.4) is 0 Å². The topological polar surface area (TPSA) is 40.2 Å². The van der Waals surface area contributed by atoms with Gasteiger partial charge in [0.25, 0.3) is 0 Å². The van der Waals surface area contributed by atoms with Crippen molar-refractivity contribution in [3.05, 3.63) is 52.5 Å². The van der Waals surface area contributed by atoms with Crippen LogP contribution in [0.2, 0.25) is 5.22 Å². The molecule has 0 spiro atoms. The van der Waals surface area contributed by atoms with Crippen molar-refractivity contribution >= 4 is 22.6 Å². The van der Waals surface area contributed by atoms with Gasteiger partial charge in [0.2, 0.25) is 0 Å². The summed E-state index contributed by atoms with van der Waals surface area (Å²) in [7, 11) is 0. The quantitative estimate of drug-likeness (QED) is 0.725. The second kappa shape index (κ2) is 4.65. The molecule has 1 aliphatic heterocycles. The van der Waals surface area contributed by atoms with Crippen molar-refractivity contribution in [3.8, 4) is 0 Å². The molecule has 0 N–H and O–H groups in total. The minimum absolute atomic E-state index is 0.441. The maximum atomic E-state index is 6.21. The van der Waals surface area contributed by atoms with Gasteiger partial charge < -0.3 is 9.15 Å². The van der Waals surface area contributed by atoms with Gasteiger partial charge in [-0.1, -0.05) is 18.2 Å². The van der Waals surface area contributed by atoms with Gasteiger partial charge in [-0.05, 0) is 17.7 Å². The van der Waals surface area contributed by atoms with Crippen molar-refractivity contribution in [1.29, 1.82) is 0 Å². The van der Waals surface area contributed by atoms with Crippen molar-refractivity contribution < 1.29 is 9.15 Å². The molecule has 3 aromatic rings. The fourth-order valence-electron chi connectivity index (χ4n) is 2.64. The minimum Gasteiger partial charge on any atom is -0.444 e. The normalized spacial score (nSPS) is 14.7. The zero-order valence-electron chi connectivity index (χ0n) is 10.8. The summed E-state index contributed by atoms with van der Waals surface area (Å²) in [4.78, 5) is 0. The van der Waals surface area contributed by atoms with E-state index in [4.69, 9.17) is 20.8 Å². The average molecular weight is 289 g/mol. The van der Waals surface area contributed by atoms with Crippen molar-refractivity contribution in [3.63, 3.8) is 0 Å². The first-order chi connectivity index (χ1) is 9.81. The second-order valence-corrected chi connectivity index (χ2v) is 5.29. The Hall–Kier alpha value is -1.78. The third kappa shape index (κ3) is 1.92. The molecule has 1 aromatic carbocycles. The van der Waals surface area contributed by atoms with Gasteiger partial charge in [-0.3, -0.25) is 4.68 Å². The number of furan rings is 1. The highest BCUT2D eigenvalue weighted by Crippen LogP contribution is 2.30. The van der Waals surface area contributed by atoms with E-state index in [-0.39, 0.29) is 0 Å². The fourth-order valence-corrected chi connectivity index (χ4v) is 2.89. The summed E-state index contributed by atoms with van der Waals surface area (Å²) in [6.07, 6.45) is 2.91. The molecule has 3 heterocycles. The van der Waals surface area contributed by atoms with Gasteiger partial charge in [0, 0.05) is 29.1 Å². The van der Waals surface area contributed by atoms with Crippen molar-refractivity contribution in [1.82, 2.24) is 9.78 Å². The number of benzene rings is 1. The molecule has 4 nitrogen and oxygen atoms in total. The Morgan fingerprint density at radius 3 is 3.10 bits per heavy atom. The van der Waals surface area contributed by atoms with E-state index >= 15 is 0 Å². The zero-order valence-corrected chi connectivity index (χ0v) is 11.6. The highest BCUT2D eigenvalue weighted by atomic mass is 35.5. The second-order valence-electron chi connectivity index (χ2n) is 4.95. The van der Waals surface area contributed by atoms with E-state index in [0.717, 1.165) is 35.3 Å². The van der Waals surface area contributed by atoms with Crippen LogP contribution in [0.25, 0.3) is 11.0 Å². The van der Waals surface area contributed by atoms with Crippen LogP contribution in [0, 0.1) is 0 Å². The SMILES string of the molecule is Clc1oc2ccccc2c1Cn1cc2c(n1)CCOC2. The van der Waals surface area contributed by atoms with Crippen LogP contribution in [0.4, 0.5) is 0 Å². The Balaban J connectivity index is 1.73. The Kier molecular flexibility index (Phi) is 2.79. The van der Waals surface area contributed by atoms with Crippen LogP contribution in [-0.4, -0.2) is 16.4 Å². The minimum atomic E-state index is 0.441. The summed E-state index contributed by atoms with van der Waals surface area (Å²) in [6, 6.07) is 7.87. The van der Waals surface area contributed by atoms with Gasteiger partial charge in [0.05, 0.1) is 25.5 Å². The van der Waals surface area contributed by atoms with E-state index in [0.29, 0.717) is 18.4 Å². The van der Waals surface area contributed by atoms with Gasteiger partial charge in [-0.25, -0.2) is 0 Å². The molecule has 0 saturated heterocycles. The van der Waals surface area contributed by atoms with Crippen LogP contribution >= 0.6 is 11.6 Å².